The van der Waals surface area contributed by atoms with E-state index >= 15 is 0 Å². The summed E-state index contributed by atoms with van der Waals surface area (Å²) in [5.74, 6) is -3.07. The van der Waals surface area contributed by atoms with Crippen LogP contribution < -0.4 is 9.47 Å². The van der Waals surface area contributed by atoms with E-state index in [1.165, 1.54) is 6.07 Å². The van der Waals surface area contributed by atoms with Crippen molar-refractivity contribution in [3.63, 3.8) is 0 Å². The number of alkyl halides is 3. The zero-order valence-electron chi connectivity index (χ0n) is 9.68. The second kappa shape index (κ2) is 4.99. The fourth-order valence-corrected chi connectivity index (χ4v) is 1.88. The second-order valence-electron chi connectivity index (χ2n) is 4.16. The molecule has 7 heteroatoms. The van der Waals surface area contributed by atoms with Gasteiger partial charge in [0, 0.05) is 0 Å². The number of benzene rings is 1. The number of hydrogen-bond donors (Lipinski definition) is 1. The van der Waals surface area contributed by atoms with Gasteiger partial charge in [-0.2, -0.15) is 13.2 Å². The number of rotatable bonds is 3. The van der Waals surface area contributed by atoms with Crippen molar-refractivity contribution in [3.05, 3.63) is 24.3 Å². The van der Waals surface area contributed by atoms with E-state index in [4.69, 9.17) is 14.6 Å². The number of para-hydroxylation sites is 2. The van der Waals surface area contributed by atoms with E-state index in [1.807, 2.05) is 0 Å². The van der Waals surface area contributed by atoms with Gasteiger partial charge < -0.3 is 14.6 Å². The molecule has 4 nitrogen and oxygen atoms in total. The first kappa shape index (κ1) is 13.5. The minimum Gasteiger partial charge on any atom is -0.486 e. The third-order valence-electron chi connectivity index (χ3n) is 2.79. The van der Waals surface area contributed by atoms with Gasteiger partial charge in [0.25, 0.3) is 0 Å². The van der Waals surface area contributed by atoms with Crippen molar-refractivity contribution in [1.82, 2.24) is 0 Å². The average molecular weight is 276 g/mol. The zero-order valence-corrected chi connectivity index (χ0v) is 9.68. The quantitative estimate of drug-likeness (QED) is 0.921. The zero-order chi connectivity index (χ0) is 14.0. The summed E-state index contributed by atoms with van der Waals surface area (Å²) >= 11 is 0. The lowest BCUT2D eigenvalue weighted by atomic mass is 9.97. The van der Waals surface area contributed by atoms with Gasteiger partial charge in [-0.3, -0.25) is 4.79 Å². The summed E-state index contributed by atoms with van der Waals surface area (Å²) < 4.78 is 48.9. The van der Waals surface area contributed by atoms with Gasteiger partial charge in [0.05, 0.1) is 6.42 Å². The smallest absolute Gasteiger partial charge is 0.396 e. The van der Waals surface area contributed by atoms with Crippen molar-refractivity contribution in [1.29, 1.82) is 0 Å². The van der Waals surface area contributed by atoms with Crippen LogP contribution in [0.15, 0.2) is 24.3 Å². The molecular weight excluding hydrogens is 265 g/mol. The highest BCUT2D eigenvalue weighted by Gasteiger charge is 2.48. The maximum atomic E-state index is 12.8. The molecule has 0 aliphatic carbocycles. The summed E-state index contributed by atoms with van der Waals surface area (Å²) in [4.78, 5) is 10.5. The molecule has 19 heavy (non-hydrogen) atoms. The lowest BCUT2D eigenvalue weighted by molar-refractivity contribution is -0.207. The highest BCUT2D eigenvalue weighted by atomic mass is 19.4. The van der Waals surface area contributed by atoms with Gasteiger partial charge >= 0.3 is 12.1 Å². The van der Waals surface area contributed by atoms with E-state index in [1.54, 1.807) is 18.2 Å². The van der Waals surface area contributed by atoms with E-state index in [-0.39, 0.29) is 12.4 Å². The lowest BCUT2D eigenvalue weighted by Crippen LogP contribution is -2.44. The summed E-state index contributed by atoms with van der Waals surface area (Å²) in [5, 5.41) is 8.58. The summed E-state index contributed by atoms with van der Waals surface area (Å²) in [5.41, 5.74) is 0. The van der Waals surface area contributed by atoms with Crippen LogP contribution in [-0.4, -0.2) is 30.0 Å². The maximum absolute atomic E-state index is 12.8. The van der Waals surface area contributed by atoms with Crippen LogP contribution in [0.4, 0.5) is 13.2 Å². The number of fused-ring (bicyclic) bond motifs is 1. The molecule has 1 N–H and O–H groups in total. The van der Waals surface area contributed by atoms with Crippen LogP contribution in [0.5, 0.6) is 11.5 Å². The lowest BCUT2D eigenvalue weighted by Gasteiger charge is -2.32. The molecule has 0 saturated heterocycles. The van der Waals surface area contributed by atoms with Crippen LogP contribution >= 0.6 is 0 Å². The maximum Gasteiger partial charge on any atom is 0.396 e. The first-order chi connectivity index (χ1) is 8.88. The first-order valence-corrected chi connectivity index (χ1v) is 5.55. The Bertz CT molecular complexity index is 472. The molecular formula is C12H11F3O4. The fourth-order valence-electron chi connectivity index (χ4n) is 1.88. The third kappa shape index (κ3) is 3.10. The predicted molar refractivity (Wildman–Crippen MR) is 58.2 cm³/mol. The molecule has 1 aromatic carbocycles. The molecule has 1 heterocycles. The average Bonchev–Trinajstić information content (AvgIpc) is 2.34. The molecule has 0 saturated carbocycles. The monoisotopic (exact) mass is 276 g/mol. The molecule has 0 spiro atoms. The Morgan fingerprint density at radius 1 is 1.37 bits per heavy atom. The van der Waals surface area contributed by atoms with E-state index in [9.17, 15) is 18.0 Å². The Morgan fingerprint density at radius 3 is 2.58 bits per heavy atom. The molecule has 2 rings (SSSR count). The van der Waals surface area contributed by atoms with Crippen molar-refractivity contribution < 1.29 is 32.5 Å². The normalized spacial score (nSPS) is 19.8. The van der Waals surface area contributed by atoms with Gasteiger partial charge in [0.1, 0.15) is 18.6 Å². The Hall–Kier alpha value is -1.92. The third-order valence-corrected chi connectivity index (χ3v) is 2.79. The van der Waals surface area contributed by atoms with Crippen molar-refractivity contribution in [2.75, 3.05) is 6.61 Å². The molecule has 0 radical (unpaired) electrons. The number of hydrogen-bond acceptors (Lipinski definition) is 3. The molecule has 0 fully saturated rings. The Morgan fingerprint density at radius 2 is 2.00 bits per heavy atom. The van der Waals surface area contributed by atoms with E-state index in [0.717, 1.165) is 0 Å². The van der Waals surface area contributed by atoms with Gasteiger partial charge in [0.2, 0.25) is 0 Å². The Kier molecular flexibility index (Phi) is 3.55. The van der Waals surface area contributed by atoms with Crippen LogP contribution in [0.1, 0.15) is 6.42 Å². The van der Waals surface area contributed by atoms with Gasteiger partial charge in [-0.1, -0.05) is 12.1 Å². The molecule has 2 unspecified atom stereocenters. The second-order valence-corrected chi connectivity index (χ2v) is 4.16. The SMILES string of the molecule is O=C(O)CC(C1COc2ccccc2O1)C(F)(F)F. The van der Waals surface area contributed by atoms with Crippen LogP contribution in [0.3, 0.4) is 0 Å². The molecule has 0 aromatic heterocycles. The van der Waals surface area contributed by atoms with Crippen molar-refractivity contribution in [2.45, 2.75) is 18.7 Å². The summed E-state index contributed by atoms with van der Waals surface area (Å²) in [6, 6.07) is 6.33. The van der Waals surface area contributed by atoms with Crippen molar-refractivity contribution >= 4 is 5.97 Å². The van der Waals surface area contributed by atoms with E-state index in [2.05, 4.69) is 0 Å². The minimum absolute atomic E-state index is 0.193. The number of ether oxygens (including phenoxy) is 2. The van der Waals surface area contributed by atoms with Crippen LogP contribution in [0, 0.1) is 5.92 Å². The summed E-state index contributed by atoms with van der Waals surface area (Å²) in [7, 11) is 0. The van der Waals surface area contributed by atoms with Gasteiger partial charge in [-0.15, -0.1) is 0 Å². The largest absolute Gasteiger partial charge is 0.486 e. The first-order valence-electron chi connectivity index (χ1n) is 5.55. The molecule has 104 valence electrons. The highest BCUT2D eigenvalue weighted by molar-refractivity contribution is 5.67. The summed E-state index contributed by atoms with van der Waals surface area (Å²) in [6.07, 6.45) is -7.05. The van der Waals surface area contributed by atoms with Crippen LogP contribution in [0.2, 0.25) is 0 Å². The fraction of sp³-hybridized carbons (Fsp3) is 0.417. The van der Waals surface area contributed by atoms with Crippen LogP contribution in [0.25, 0.3) is 0 Å². The number of aliphatic carboxylic acids is 1. The minimum atomic E-state index is -4.65. The number of carbonyl (C=O) groups is 1. The molecule has 1 aliphatic rings. The van der Waals surface area contributed by atoms with Gasteiger partial charge in [0.15, 0.2) is 11.5 Å². The predicted octanol–water partition coefficient (Wildman–Crippen LogP) is 2.48. The molecule has 1 aliphatic heterocycles. The van der Waals surface area contributed by atoms with E-state index in [0.29, 0.717) is 5.75 Å². The van der Waals surface area contributed by atoms with E-state index < -0.39 is 30.6 Å². The molecule has 2 atom stereocenters. The molecule has 0 bridgehead atoms. The van der Waals surface area contributed by atoms with Gasteiger partial charge in [-0.25, -0.2) is 0 Å². The number of carboxylic acid groups (broad SMARTS) is 1. The topological polar surface area (TPSA) is 55.8 Å². The molecule has 0 amide bonds. The number of carboxylic acids is 1. The van der Waals surface area contributed by atoms with Crippen LogP contribution in [-0.2, 0) is 4.79 Å². The standard InChI is InChI=1S/C12H11F3O4/c13-12(14,15)7(5-11(16)17)10-6-18-8-3-1-2-4-9(8)19-10/h1-4,7,10H,5-6H2,(H,16,17). The Balaban J connectivity index is 2.19. The highest BCUT2D eigenvalue weighted by Crippen LogP contribution is 2.38. The van der Waals surface area contributed by atoms with Gasteiger partial charge in [-0.05, 0) is 12.1 Å². The molecule has 1 aromatic rings. The van der Waals surface area contributed by atoms with Crippen molar-refractivity contribution in [3.8, 4) is 11.5 Å². The summed E-state index contributed by atoms with van der Waals surface area (Å²) in [6.45, 7) is -0.325. The van der Waals surface area contributed by atoms with Crippen molar-refractivity contribution in [2.24, 2.45) is 5.92 Å². The Labute approximate surface area is 106 Å². The number of halogens is 3.